The van der Waals surface area contributed by atoms with E-state index in [4.69, 9.17) is 10.2 Å². The monoisotopic (exact) mass is 426 g/mol. The van der Waals surface area contributed by atoms with E-state index < -0.39 is 36.5 Å². The van der Waals surface area contributed by atoms with E-state index in [-0.39, 0.29) is 5.56 Å². The average Bonchev–Trinajstić information content (AvgIpc) is 2.68. The highest BCUT2D eigenvalue weighted by Crippen LogP contribution is 2.06. The first-order chi connectivity index (χ1) is 13.2. The molecule has 0 unspecified atom stereocenters. The lowest BCUT2D eigenvalue weighted by Gasteiger charge is -1.98. The van der Waals surface area contributed by atoms with Crippen molar-refractivity contribution in [3.05, 3.63) is 71.3 Å². The topological polar surface area (TPSA) is 126 Å². The fraction of sp³-hybridized carbons (Fsp3) is 0.211. The van der Waals surface area contributed by atoms with E-state index in [0.29, 0.717) is 5.56 Å². The molecule has 0 spiro atoms. The van der Waals surface area contributed by atoms with Crippen molar-refractivity contribution in [2.45, 2.75) is 27.2 Å². The zero-order chi connectivity index (χ0) is 21.7. The molecule has 0 aliphatic heterocycles. The van der Waals surface area contributed by atoms with Gasteiger partial charge in [-0.25, -0.2) is 0 Å². The maximum absolute atomic E-state index is 11.1. The molecule has 0 atom stereocenters. The molecule has 0 amide bonds. The SMILES string of the molecule is CCC.Cc1ccccc1C(O)=S(=O)=O.O=C(C(O)=S(=O)=O)c1ccccc1. The van der Waals surface area contributed by atoms with Crippen LogP contribution in [0.4, 0.5) is 0 Å². The molecule has 2 N–H and O–H groups in total. The highest BCUT2D eigenvalue weighted by molar-refractivity contribution is 7.74. The summed E-state index contributed by atoms with van der Waals surface area (Å²) in [4.78, 5) is 11.1. The van der Waals surface area contributed by atoms with Crippen LogP contribution in [0.1, 0.15) is 41.8 Å². The van der Waals surface area contributed by atoms with Gasteiger partial charge in [-0.05, 0) is 12.5 Å². The van der Waals surface area contributed by atoms with Crippen molar-refractivity contribution in [2.24, 2.45) is 0 Å². The first-order valence-electron chi connectivity index (χ1n) is 8.13. The van der Waals surface area contributed by atoms with Crippen LogP contribution in [0, 0.1) is 6.92 Å². The summed E-state index contributed by atoms with van der Waals surface area (Å²) in [6.45, 7) is 5.98. The third-order valence-electron chi connectivity index (χ3n) is 2.92. The number of carbonyl (C=O) groups excluding carboxylic acids is 1. The van der Waals surface area contributed by atoms with Gasteiger partial charge in [0.1, 0.15) is 0 Å². The maximum atomic E-state index is 11.1. The van der Waals surface area contributed by atoms with Gasteiger partial charge in [-0.3, -0.25) is 4.79 Å². The molecule has 0 radical (unpaired) electrons. The normalized spacial score (nSPS) is 9.04. The number of carbonyl (C=O) groups is 1. The second kappa shape index (κ2) is 13.6. The van der Waals surface area contributed by atoms with Crippen molar-refractivity contribution in [2.75, 3.05) is 0 Å². The van der Waals surface area contributed by atoms with Crippen molar-refractivity contribution in [1.29, 1.82) is 0 Å². The number of rotatable bonds is 3. The van der Waals surface area contributed by atoms with Gasteiger partial charge in [-0.2, -0.15) is 16.8 Å². The van der Waals surface area contributed by atoms with E-state index in [1.54, 1.807) is 49.4 Å². The minimum Gasteiger partial charge on any atom is -0.347 e. The summed E-state index contributed by atoms with van der Waals surface area (Å²) in [5.74, 6) is -0.895. The third-order valence-corrected chi connectivity index (χ3v) is 3.96. The summed E-state index contributed by atoms with van der Waals surface area (Å²) in [7, 11) is -5.42. The molecule has 0 aliphatic carbocycles. The highest BCUT2D eigenvalue weighted by Gasteiger charge is 2.11. The van der Waals surface area contributed by atoms with Crippen molar-refractivity contribution in [3.8, 4) is 0 Å². The molecule has 0 saturated heterocycles. The van der Waals surface area contributed by atoms with Gasteiger partial charge in [0.15, 0.2) is 0 Å². The van der Waals surface area contributed by atoms with Crippen LogP contribution in [0.15, 0.2) is 54.6 Å². The second-order valence-corrected chi connectivity index (χ2v) is 7.01. The van der Waals surface area contributed by atoms with Gasteiger partial charge in [0.2, 0.25) is 36.5 Å². The van der Waals surface area contributed by atoms with Crippen molar-refractivity contribution in [3.63, 3.8) is 0 Å². The van der Waals surface area contributed by atoms with Crippen LogP contribution in [0.2, 0.25) is 0 Å². The smallest absolute Gasteiger partial charge is 0.249 e. The van der Waals surface area contributed by atoms with Gasteiger partial charge in [0.05, 0.1) is 0 Å². The highest BCUT2D eigenvalue weighted by atomic mass is 32.2. The minimum absolute atomic E-state index is 0.143. The van der Waals surface area contributed by atoms with E-state index in [9.17, 15) is 21.6 Å². The Balaban J connectivity index is 0.000000458. The molecule has 28 heavy (non-hydrogen) atoms. The molecular formula is C19H22O7S2. The summed E-state index contributed by atoms with van der Waals surface area (Å²) < 4.78 is 41.1. The van der Waals surface area contributed by atoms with Crippen molar-refractivity contribution >= 4 is 36.5 Å². The maximum Gasteiger partial charge on any atom is 0.249 e. The fourth-order valence-electron chi connectivity index (χ4n) is 1.69. The summed E-state index contributed by atoms with van der Waals surface area (Å²) in [6.07, 6.45) is 1.25. The lowest BCUT2D eigenvalue weighted by Crippen LogP contribution is -2.14. The molecule has 2 aromatic rings. The summed E-state index contributed by atoms with van der Waals surface area (Å²) >= 11 is 0. The molecule has 152 valence electrons. The molecule has 0 heterocycles. The fourth-order valence-corrected chi connectivity index (χ4v) is 2.37. The van der Waals surface area contributed by atoms with E-state index in [0.717, 1.165) is 5.56 Å². The van der Waals surface area contributed by atoms with Crippen molar-refractivity contribution in [1.82, 2.24) is 0 Å². The van der Waals surface area contributed by atoms with Gasteiger partial charge in [-0.15, -0.1) is 0 Å². The molecule has 0 aliphatic rings. The molecular weight excluding hydrogens is 404 g/mol. The molecule has 0 bridgehead atoms. The van der Waals surface area contributed by atoms with Crippen molar-refractivity contribution < 1.29 is 31.8 Å². The lowest BCUT2D eigenvalue weighted by molar-refractivity contribution is 0.105. The van der Waals surface area contributed by atoms with Crippen LogP contribution >= 0.6 is 0 Å². The van der Waals surface area contributed by atoms with E-state index in [2.05, 4.69) is 13.8 Å². The zero-order valence-electron chi connectivity index (χ0n) is 15.7. The number of aryl methyl sites for hydroxylation is 1. The van der Waals surface area contributed by atoms with Gasteiger partial charge in [-0.1, -0.05) is 74.9 Å². The lowest BCUT2D eigenvalue weighted by atomic mass is 10.1. The Morgan fingerprint density at radius 2 is 1.29 bits per heavy atom. The number of Topliss-reactive ketones (excluding diaryl/α,β-unsaturated/α-hetero) is 1. The molecule has 7 nitrogen and oxygen atoms in total. The largest absolute Gasteiger partial charge is 0.347 e. The standard InChI is InChI=1S/C8H6O4S.C8H8O3S.C3H8/c9-7(8(10)13(11)12)6-4-2-1-3-5-6;1-6-4-2-3-5-7(6)8(9)12(10)11;1-3-2/h1-5,10H;2-5,9H,1H3;3H2,1-2H3. The molecule has 9 heteroatoms. The Bertz CT molecular complexity index is 1040. The molecule has 0 aromatic heterocycles. The van der Waals surface area contributed by atoms with E-state index in [1.165, 1.54) is 18.6 Å². The average molecular weight is 427 g/mol. The van der Waals surface area contributed by atoms with Crippen LogP contribution in [0.3, 0.4) is 0 Å². The minimum atomic E-state index is -2.87. The number of aliphatic hydroxyl groups is 2. The molecule has 2 rings (SSSR count). The van der Waals surface area contributed by atoms with Crippen LogP contribution < -0.4 is 0 Å². The van der Waals surface area contributed by atoms with E-state index in [1.807, 2.05) is 0 Å². The summed E-state index contributed by atoms with van der Waals surface area (Å²) in [5, 5.41) is 16.1. The number of hydrogen-bond acceptors (Lipinski definition) is 5. The predicted molar refractivity (Wildman–Crippen MR) is 110 cm³/mol. The van der Waals surface area contributed by atoms with Crippen LogP contribution in [0.25, 0.3) is 0 Å². The van der Waals surface area contributed by atoms with E-state index >= 15 is 0 Å². The first-order valence-corrected chi connectivity index (χ1v) is 10.3. The summed E-state index contributed by atoms with van der Waals surface area (Å²) in [6, 6.07) is 14.4. The van der Waals surface area contributed by atoms with Gasteiger partial charge in [0.25, 0.3) is 0 Å². The van der Waals surface area contributed by atoms with Crippen LogP contribution in [-0.4, -0.2) is 42.9 Å². The Labute approximate surface area is 167 Å². The first kappa shape index (κ1) is 25.4. The van der Waals surface area contributed by atoms with Crippen LogP contribution in [-0.2, 0) is 20.6 Å². The molecule has 0 fully saturated rings. The van der Waals surface area contributed by atoms with Gasteiger partial charge < -0.3 is 10.2 Å². The molecule has 2 aromatic carbocycles. The number of hydrogen-bond donors (Lipinski definition) is 2. The number of aliphatic hydroxyl groups excluding tert-OH is 2. The quantitative estimate of drug-likeness (QED) is 0.571. The van der Waals surface area contributed by atoms with Crippen LogP contribution in [0.5, 0.6) is 0 Å². The zero-order valence-corrected chi connectivity index (χ0v) is 17.3. The predicted octanol–water partition coefficient (Wildman–Crippen LogP) is 2.76. The van der Waals surface area contributed by atoms with Gasteiger partial charge in [0, 0.05) is 11.1 Å². The Kier molecular flexibility index (Phi) is 12.3. The third kappa shape index (κ3) is 8.87. The Morgan fingerprint density at radius 1 is 0.821 bits per heavy atom. The molecule has 0 saturated carbocycles. The Hall–Kier alpha value is -2.59. The second-order valence-electron chi connectivity index (χ2n) is 5.30. The number of benzene rings is 2. The van der Waals surface area contributed by atoms with Gasteiger partial charge >= 0.3 is 0 Å². The number of ketones is 1. The summed E-state index contributed by atoms with van der Waals surface area (Å²) in [5.41, 5.74) is 1.23. The Morgan fingerprint density at radius 3 is 1.71 bits per heavy atom.